The van der Waals surface area contributed by atoms with E-state index >= 15 is 0 Å². The summed E-state index contributed by atoms with van der Waals surface area (Å²) in [5.41, 5.74) is 1.40. The monoisotopic (exact) mass is 408 g/mol. The van der Waals surface area contributed by atoms with Crippen molar-refractivity contribution < 1.29 is 14.0 Å². The van der Waals surface area contributed by atoms with Crippen molar-refractivity contribution in [3.05, 3.63) is 94.4 Å². The van der Waals surface area contributed by atoms with Gasteiger partial charge in [0.1, 0.15) is 11.3 Å². The lowest BCUT2D eigenvalue weighted by Crippen LogP contribution is -2.62. The second-order valence-corrected chi connectivity index (χ2v) is 7.82. The molecule has 1 atom stereocenters. The van der Waals surface area contributed by atoms with E-state index in [1.165, 1.54) is 0 Å². The van der Waals surface area contributed by atoms with E-state index in [-0.39, 0.29) is 18.4 Å². The van der Waals surface area contributed by atoms with E-state index in [2.05, 4.69) is 5.32 Å². The van der Waals surface area contributed by atoms with Crippen molar-refractivity contribution in [3.8, 4) is 0 Å². The molecule has 2 aromatic carbocycles. The van der Waals surface area contributed by atoms with Gasteiger partial charge in [0.05, 0.1) is 12.8 Å². The Kier molecular flexibility index (Phi) is 5.16. The summed E-state index contributed by atoms with van der Waals surface area (Å²) in [6.07, 6.45) is 2.00. The Morgan fingerprint density at radius 1 is 1.14 bits per heavy atom. The van der Waals surface area contributed by atoms with Gasteiger partial charge in [-0.05, 0) is 48.4 Å². The van der Waals surface area contributed by atoms with Gasteiger partial charge in [0.15, 0.2) is 0 Å². The molecule has 1 aliphatic heterocycles. The van der Waals surface area contributed by atoms with Crippen molar-refractivity contribution >= 4 is 23.4 Å². The lowest BCUT2D eigenvalue weighted by atomic mass is 9.82. The minimum absolute atomic E-state index is 0.174. The molecule has 0 saturated carbocycles. The number of rotatable bonds is 5. The topological polar surface area (TPSA) is 62.6 Å². The Labute approximate surface area is 174 Å². The Hall–Kier alpha value is -3.05. The Balaban J connectivity index is 1.62. The van der Waals surface area contributed by atoms with Crippen molar-refractivity contribution in [1.29, 1.82) is 0 Å². The molecule has 2 heterocycles. The van der Waals surface area contributed by atoms with Crippen LogP contribution in [0.1, 0.15) is 34.2 Å². The third-order valence-electron chi connectivity index (χ3n) is 5.37. The summed E-state index contributed by atoms with van der Waals surface area (Å²) in [5.74, 6) is 0.253. The predicted octanol–water partition coefficient (Wildman–Crippen LogP) is 4.21. The maximum atomic E-state index is 13.3. The SMILES string of the molecule is C[C@@]1(C(=O)NCc2ccc(Cl)cc2)Cc2ccccc2C(=O)N1Cc1ccco1. The Morgan fingerprint density at radius 3 is 2.62 bits per heavy atom. The van der Waals surface area contributed by atoms with E-state index in [1.807, 2.05) is 30.3 Å². The van der Waals surface area contributed by atoms with Gasteiger partial charge in [-0.25, -0.2) is 0 Å². The highest BCUT2D eigenvalue weighted by Crippen LogP contribution is 2.33. The molecule has 1 aromatic heterocycles. The first-order valence-corrected chi connectivity index (χ1v) is 9.80. The number of furan rings is 1. The number of hydrogen-bond acceptors (Lipinski definition) is 3. The summed E-state index contributed by atoms with van der Waals surface area (Å²) in [4.78, 5) is 28.2. The summed E-state index contributed by atoms with van der Waals surface area (Å²) in [5, 5.41) is 3.63. The molecule has 0 aliphatic carbocycles. The van der Waals surface area contributed by atoms with E-state index < -0.39 is 5.54 Å². The van der Waals surface area contributed by atoms with Gasteiger partial charge in [-0.15, -0.1) is 0 Å². The normalized spacial score (nSPS) is 18.4. The third-order valence-corrected chi connectivity index (χ3v) is 5.62. The molecule has 0 fully saturated rings. The number of hydrogen-bond donors (Lipinski definition) is 1. The summed E-state index contributed by atoms with van der Waals surface area (Å²) in [7, 11) is 0. The highest BCUT2D eigenvalue weighted by molar-refractivity contribution is 6.30. The van der Waals surface area contributed by atoms with Crippen LogP contribution in [-0.2, 0) is 24.3 Å². The quantitative estimate of drug-likeness (QED) is 0.688. The van der Waals surface area contributed by atoms with E-state index in [4.69, 9.17) is 16.0 Å². The molecule has 4 rings (SSSR count). The van der Waals surface area contributed by atoms with Crippen LogP contribution in [0.4, 0.5) is 0 Å². The molecule has 3 aromatic rings. The number of nitrogens with one attached hydrogen (secondary N) is 1. The number of carbonyl (C=O) groups excluding carboxylic acids is 2. The molecule has 6 heteroatoms. The lowest BCUT2D eigenvalue weighted by Gasteiger charge is -2.43. The van der Waals surface area contributed by atoms with Crippen LogP contribution in [0.2, 0.25) is 5.02 Å². The number of benzene rings is 2. The smallest absolute Gasteiger partial charge is 0.255 e. The maximum absolute atomic E-state index is 13.3. The van der Waals surface area contributed by atoms with E-state index in [9.17, 15) is 9.59 Å². The summed E-state index contributed by atoms with van der Waals surface area (Å²) < 4.78 is 5.45. The van der Waals surface area contributed by atoms with Gasteiger partial charge in [-0.3, -0.25) is 9.59 Å². The molecule has 5 nitrogen and oxygen atoms in total. The third kappa shape index (κ3) is 3.78. The number of fused-ring (bicyclic) bond motifs is 1. The predicted molar refractivity (Wildman–Crippen MR) is 110 cm³/mol. The lowest BCUT2D eigenvalue weighted by molar-refractivity contribution is -0.132. The number of carbonyl (C=O) groups is 2. The minimum atomic E-state index is -1.04. The molecule has 0 spiro atoms. The van der Waals surface area contributed by atoms with Crippen LogP contribution >= 0.6 is 11.6 Å². The standard InChI is InChI=1S/C23H21ClN2O3/c1-23(22(28)25-14-16-8-10-18(24)11-9-16)13-17-5-2-3-7-20(17)21(27)26(23)15-19-6-4-12-29-19/h2-12H,13-15H2,1H3,(H,25,28)/t23-/m0/s1. The zero-order chi connectivity index (χ0) is 20.4. The molecule has 1 N–H and O–H groups in total. The molecule has 0 radical (unpaired) electrons. The van der Waals surface area contributed by atoms with Gasteiger partial charge in [0, 0.05) is 23.6 Å². The maximum Gasteiger partial charge on any atom is 0.255 e. The highest BCUT2D eigenvalue weighted by atomic mass is 35.5. The van der Waals surface area contributed by atoms with Crippen molar-refractivity contribution in [3.63, 3.8) is 0 Å². The van der Waals surface area contributed by atoms with E-state index in [0.29, 0.717) is 29.3 Å². The first-order chi connectivity index (χ1) is 14.0. The first kappa shape index (κ1) is 19.3. The van der Waals surface area contributed by atoms with Crippen molar-refractivity contribution in [1.82, 2.24) is 10.2 Å². The molecule has 148 valence electrons. The molecular formula is C23H21ClN2O3. The van der Waals surface area contributed by atoms with Gasteiger partial charge in [-0.2, -0.15) is 0 Å². The van der Waals surface area contributed by atoms with E-state index in [0.717, 1.165) is 11.1 Å². The molecule has 0 saturated heterocycles. The first-order valence-electron chi connectivity index (χ1n) is 9.42. The van der Waals surface area contributed by atoms with Gasteiger partial charge in [-0.1, -0.05) is 41.9 Å². The van der Waals surface area contributed by atoms with Gasteiger partial charge in [0.25, 0.3) is 5.91 Å². The summed E-state index contributed by atoms with van der Waals surface area (Å²) >= 11 is 5.93. The summed E-state index contributed by atoms with van der Waals surface area (Å²) in [6.45, 7) is 2.39. The van der Waals surface area contributed by atoms with Crippen LogP contribution < -0.4 is 5.32 Å². The van der Waals surface area contributed by atoms with Gasteiger partial charge < -0.3 is 14.6 Å². The van der Waals surface area contributed by atoms with Crippen molar-refractivity contribution in [2.24, 2.45) is 0 Å². The van der Waals surface area contributed by atoms with Crippen LogP contribution in [0.3, 0.4) is 0 Å². The summed E-state index contributed by atoms with van der Waals surface area (Å²) in [6, 6.07) is 18.3. The van der Waals surface area contributed by atoms with Gasteiger partial charge >= 0.3 is 0 Å². The van der Waals surface area contributed by atoms with Crippen LogP contribution in [0.5, 0.6) is 0 Å². The van der Waals surface area contributed by atoms with Crippen LogP contribution in [-0.4, -0.2) is 22.3 Å². The number of amides is 2. The fourth-order valence-electron chi connectivity index (χ4n) is 3.70. The van der Waals surface area contributed by atoms with E-state index in [1.54, 1.807) is 48.4 Å². The molecule has 0 bridgehead atoms. The Bertz CT molecular complexity index is 1030. The molecule has 2 amide bonds. The van der Waals surface area contributed by atoms with Crippen LogP contribution in [0, 0.1) is 0 Å². The average molecular weight is 409 g/mol. The number of nitrogens with zero attached hydrogens (tertiary/aromatic N) is 1. The van der Waals surface area contributed by atoms with Crippen LogP contribution in [0.15, 0.2) is 71.3 Å². The zero-order valence-corrected chi connectivity index (χ0v) is 16.8. The fraction of sp³-hybridized carbons (Fsp3) is 0.217. The largest absolute Gasteiger partial charge is 0.467 e. The highest BCUT2D eigenvalue weighted by Gasteiger charge is 2.46. The Morgan fingerprint density at radius 2 is 1.90 bits per heavy atom. The molecule has 1 aliphatic rings. The van der Waals surface area contributed by atoms with Crippen LogP contribution in [0.25, 0.3) is 0 Å². The molecule has 0 unspecified atom stereocenters. The minimum Gasteiger partial charge on any atom is -0.467 e. The van der Waals surface area contributed by atoms with Gasteiger partial charge in [0.2, 0.25) is 5.91 Å². The number of halogens is 1. The average Bonchev–Trinajstić information content (AvgIpc) is 3.24. The molecular weight excluding hydrogens is 388 g/mol. The second-order valence-electron chi connectivity index (χ2n) is 7.39. The second kappa shape index (κ2) is 7.76. The molecule has 29 heavy (non-hydrogen) atoms. The van der Waals surface area contributed by atoms with Crippen molar-refractivity contribution in [2.75, 3.05) is 0 Å². The van der Waals surface area contributed by atoms with Crippen molar-refractivity contribution in [2.45, 2.75) is 32.0 Å². The fourth-order valence-corrected chi connectivity index (χ4v) is 3.83. The zero-order valence-electron chi connectivity index (χ0n) is 16.0.